The minimum atomic E-state index is -1.73. The fourth-order valence-electron chi connectivity index (χ4n) is 1.55. The highest BCUT2D eigenvalue weighted by molar-refractivity contribution is 5.77. The van der Waals surface area contributed by atoms with Crippen LogP contribution in [0.2, 0.25) is 0 Å². The maximum absolute atomic E-state index is 14.1. The number of halogens is 1. The zero-order valence-electron chi connectivity index (χ0n) is 10.4. The summed E-state index contributed by atoms with van der Waals surface area (Å²) in [5.41, 5.74) is -0.0323. The van der Waals surface area contributed by atoms with E-state index < -0.39 is 17.9 Å². The van der Waals surface area contributed by atoms with E-state index in [1.807, 2.05) is 0 Å². The van der Waals surface area contributed by atoms with Gasteiger partial charge in [0.05, 0.1) is 26.4 Å². The van der Waals surface area contributed by atoms with Crippen molar-refractivity contribution in [1.29, 1.82) is 0 Å². The van der Waals surface area contributed by atoms with E-state index in [4.69, 9.17) is 9.47 Å². The van der Waals surface area contributed by atoms with Gasteiger partial charge in [-0.1, -0.05) is 6.07 Å². The van der Waals surface area contributed by atoms with E-state index >= 15 is 0 Å². The second-order valence-corrected chi connectivity index (χ2v) is 3.51. The molecule has 6 heteroatoms. The number of carbonyl (C=O) groups is 1. The Labute approximate surface area is 104 Å². The summed E-state index contributed by atoms with van der Waals surface area (Å²) >= 11 is 0. The fraction of sp³-hybridized carbons (Fsp3) is 0.417. The minimum absolute atomic E-state index is 0.0245. The topological polar surface area (TPSA) is 65.0 Å². The number of carbonyl (C=O) groups excluding carboxylic acids is 1. The normalized spacial score (nSPS) is 12.1. The van der Waals surface area contributed by atoms with Crippen molar-refractivity contribution in [2.75, 3.05) is 21.3 Å². The summed E-state index contributed by atoms with van der Waals surface area (Å²) in [6.07, 6.45) is -1.73. The monoisotopic (exact) mass is 258 g/mol. The molecule has 0 aliphatic carbocycles. The van der Waals surface area contributed by atoms with Crippen molar-refractivity contribution in [3.8, 4) is 5.75 Å². The van der Waals surface area contributed by atoms with Crippen LogP contribution in [0.15, 0.2) is 12.1 Å². The Balaban J connectivity index is 3.28. The summed E-state index contributed by atoms with van der Waals surface area (Å²) in [6.45, 7) is 0.0245. The Kier molecular flexibility index (Phi) is 5.06. The maximum Gasteiger partial charge on any atom is 0.339 e. The Morgan fingerprint density at radius 2 is 2.06 bits per heavy atom. The Morgan fingerprint density at radius 1 is 1.39 bits per heavy atom. The van der Waals surface area contributed by atoms with Crippen LogP contribution in [0.5, 0.6) is 5.75 Å². The lowest BCUT2D eigenvalue weighted by Crippen LogP contribution is -2.17. The molecule has 0 spiro atoms. The molecule has 1 N–H and O–H groups in total. The van der Waals surface area contributed by atoms with E-state index in [-0.39, 0.29) is 23.5 Å². The van der Waals surface area contributed by atoms with Crippen LogP contribution >= 0.6 is 0 Å². The number of aliphatic hydroxyl groups is 1. The van der Waals surface area contributed by atoms with Crippen molar-refractivity contribution < 1.29 is 28.5 Å². The van der Waals surface area contributed by atoms with Gasteiger partial charge in [0.15, 0.2) is 6.10 Å². The average Bonchev–Trinajstić information content (AvgIpc) is 2.39. The molecule has 0 aliphatic heterocycles. The quantitative estimate of drug-likeness (QED) is 0.803. The SMILES string of the molecule is COCc1ccc(OC)c(C(O)C(=O)OC)c1F. The van der Waals surface area contributed by atoms with E-state index in [0.717, 1.165) is 7.11 Å². The van der Waals surface area contributed by atoms with Crippen molar-refractivity contribution in [3.05, 3.63) is 29.1 Å². The van der Waals surface area contributed by atoms with Crippen LogP contribution in [0.25, 0.3) is 0 Å². The molecule has 1 unspecified atom stereocenters. The van der Waals surface area contributed by atoms with Crippen LogP contribution in [-0.4, -0.2) is 32.4 Å². The molecule has 0 radical (unpaired) electrons. The minimum Gasteiger partial charge on any atom is -0.496 e. The summed E-state index contributed by atoms with van der Waals surface area (Å²) in [5, 5.41) is 9.74. The summed E-state index contributed by atoms with van der Waals surface area (Å²) in [7, 11) is 3.84. The van der Waals surface area contributed by atoms with Gasteiger partial charge in [0.2, 0.25) is 0 Å². The number of ether oxygens (including phenoxy) is 3. The third-order valence-electron chi connectivity index (χ3n) is 2.44. The molecule has 18 heavy (non-hydrogen) atoms. The van der Waals surface area contributed by atoms with Crippen molar-refractivity contribution in [3.63, 3.8) is 0 Å². The predicted molar refractivity (Wildman–Crippen MR) is 60.6 cm³/mol. The molecule has 5 nitrogen and oxygen atoms in total. The molecular formula is C12H15FO5. The van der Waals surface area contributed by atoms with E-state index in [2.05, 4.69) is 4.74 Å². The number of hydrogen-bond donors (Lipinski definition) is 1. The zero-order valence-corrected chi connectivity index (χ0v) is 10.4. The lowest BCUT2D eigenvalue weighted by atomic mass is 10.0. The summed E-state index contributed by atoms with van der Waals surface area (Å²) in [4.78, 5) is 11.3. The lowest BCUT2D eigenvalue weighted by molar-refractivity contribution is -0.151. The van der Waals surface area contributed by atoms with Crippen molar-refractivity contribution in [2.24, 2.45) is 0 Å². The van der Waals surface area contributed by atoms with Gasteiger partial charge < -0.3 is 19.3 Å². The molecule has 0 amide bonds. The van der Waals surface area contributed by atoms with Crippen LogP contribution in [-0.2, 0) is 20.9 Å². The van der Waals surface area contributed by atoms with Crippen molar-refractivity contribution in [2.45, 2.75) is 12.7 Å². The summed E-state index contributed by atoms with van der Waals surface area (Å²) in [5.74, 6) is -1.62. The van der Waals surface area contributed by atoms with Crippen molar-refractivity contribution >= 4 is 5.97 Å². The second-order valence-electron chi connectivity index (χ2n) is 3.51. The standard InChI is InChI=1S/C12H15FO5/c1-16-6-7-4-5-8(17-2)9(10(7)13)11(14)12(15)18-3/h4-5,11,14H,6H2,1-3H3. The molecule has 1 atom stereocenters. The summed E-state index contributed by atoms with van der Waals surface area (Å²) < 4.78 is 28.3. The van der Waals surface area contributed by atoms with E-state index in [9.17, 15) is 14.3 Å². The number of methoxy groups -OCH3 is 3. The van der Waals surface area contributed by atoms with Gasteiger partial charge in [-0.05, 0) is 6.07 Å². The Morgan fingerprint density at radius 3 is 2.56 bits per heavy atom. The van der Waals surface area contributed by atoms with E-state index in [0.29, 0.717) is 0 Å². The van der Waals surface area contributed by atoms with Crippen LogP contribution in [0.1, 0.15) is 17.2 Å². The molecular weight excluding hydrogens is 243 g/mol. The van der Waals surface area contributed by atoms with Gasteiger partial charge in [-0.25, -0.2) is 9.18 Å². The van der Waals surface area contributed by atoms with Crippen LogP contribution in [0, 0.1) is 5.82 Å². The first-order valence-corrected chi connectivity index (χ1v) is 5.16. The average molecular weight is 258 g/mol. The number of benzene rings is 1. The molecule has 0 aliphatic rings. The fourth-order valence-corrected chi connectivity index (χ4v) is 1.55. The molecule has 100 valence electrons. The Hall–Kier alpha value is -1.66. The first-order chi connectivity index (χ1) is 8.56. The first kappa shape index (κ1) is 14.4. The Bertz CT molecular complexity index is 433. The van der Waals surface area contributed by atoms with Gasteiger partial charge >= 0.3 is 5.97 Å². The number of aliphatic hydroxyl groups excluding tert-OH is 1. The second kappa shape index (κ2) is 6.32. The molecule has 0 fully saturated rings. The van der Waals surface area contributed by atoms with Gasteiger partial charge in [0, 0.05) is 12.7 Å². The van der Waals surface area contributed by atoms with Gasteiger partial charge in [-0.3, -0.25) is 0 Å². The van der Waals surface area contributed by atoms with E-state index in [1.54, 1.807) is 0 Å². The van der Waals surface area contributed by atoms with Crippen LogP contribution < -0.4 is 4.74 Å². The molecule has 1 aromatic rings. The molecule has 1 aromatic carbocycles. The predicted octanol–water partition coefficient (Wildman–Crippen LogP) is 1.19. The summed E-state index contributed by atoms with van der Waals surface area (Å²) in [6, 6.07) is 2.92. The molecule has 1 rings (SSSR count). The largest absolute Gasteiger partial charge is 0.496 e. The number of hydrogen-bond acceptors (Lipinski definition) is 5. The van der Waals surface area contributed by atoms with Gasteiger partial charge in [-0.15, -0.1) is 0 Å². The van der Waals surface area contributed by atoms with Gasteiger partial charge in [0.1, 0.15) is 11.6 Å². The van der Waals surface area contributed by atoms with E-state index in [1.165, 1.54) is 26.4 Å². The van der Waals surface area contributed by atoms with Gasteiger partial charge in [-0.2, -0.15) is 0 Å². The maximum atomic E-state index is 14.1. The first-order valence-electron chi connectivity index (χ1n) is 5.16. The molecule has 0 aromatic heterocycles. The highest BCUT2D eigenvalue weighted by Gasteiger charge is 2.27. The van der Waals surface area contributed by atoms with Crippen LogP contribution in [0.3, 0.4) is 0 Å². The number of rotatable bonds is 5. The highest BCUT2D eigenvalue weighted by atomic mass is 19.1. The molecule has 0 saturated carbocycles. The highest BCUT2D eigenvalue weighted by Crippen LogP contribution is 2.31. The van der Waals surface area contributed by atoms with Crippen LogP contribution in [0.4, 0.5) is 4.39 Å². The molecule has 0 heterocycles. The third kappa shape index (κ3) is 2.77. The number of esters is 1. The third-order valence-corrected chi connectivity index (χ3v) is 2.44. The van der Waals surface area contributed by atoms with Gasteiger partial charge in [0.25, 0.3) is 0 Å². The lowest BCUT2D eigenvalue weighted by Gasteiger charge is -2.16. The molecule has 0 saturated heterocycles. The van der Waals surface area contributed by atoms with Crippen molar-refractivity contribution in [1.82, 2.24) is 0 Å². The smallest absolute Gasteiger partial charge is 0.339 e. The molecule has 0 bridgehead atoms. The zero-order chi connectivity index (χ0) is 13.7.